The highest BCUT2D eigenvalue weighted by Crippen LogP contribution is 2.31. The molecule has 0 radical (unpaired) electrons. The lowest BCUT2D eigenvalue weighted by atomic mass is 10.1. The summed E-state index contributed by atoms with van der Waals surface area (Å²) in [6, 6.07) is 9.58. The van der Waals surface area contributed by atoms with Crippen molar-refractivity contribution in [1.29, 1.82) is 0 Å². The van der Waals surface area contributed by atoms with Crippen molar-refractivity contribution in [2.45, 2.75) is 12.5 Å². The molecule has 3 aromatic rings. The third-order valence-electron chi connectivity index (χ3n) is 4.12. The lowest BCUT2D eigenvalue weighted by molar-refractivity contribution is 0.122. The summed E-state index contributed by atoms with van der Waals surface area (Å²) in [7, 11) is 0. The Kier molecular flexibility index (Phi) is 4.80. The van der Waals surface area contributed by atoms with Crippen molar-refractivity contribution in [2.24, 2.45) is 0 Å². The summed E-state index contributed by atoms with van der Waals surface area (Å²) in [4.78, 5) is 16.2. The van der Waals surface area contributed by atoms with Crippen LogP contribution in [0, 0.1) is 0 Å². The molecule has 130 valence electrons. The zero-order valence-electron chi connectivity index (χ0n) is 13.4. The highest BCUT2D eigenvalue weighted by atomic mass is 35.5. The second-order valence-electron chi connectivity index (χ2n) is 5.81. The molecule has 1 saturated heterocycles. The summed E-state index contributed by atoms with van der Waals surface area (Å²) in [6.45, 7) is 2.82. The fourth-order valence-electron chi connectivity index (χ4n) is 2.87. The van der Waals surface area contributed by atoms with Crippen LogP contribution in [-0.4, -0.2) is 46.4 Å². The van der Waals surface area contributed by atoms with E-state index in [1.807, 2.05) is 30.3 Å². The minimum Gasteiger partial charge on any atom is -0.388 e. The first-order chi connectivity index (χ1) is 12.2. The third-order valence-corrected chi connectivity index (χ3v) is 5.26. The van der Waals surface area contributed by atoms with E-state index in [1.165, 1.54) is 11.3 Å². The summed E-state index contributed by atoms with van der Waals surface area (Å²) in [5.41, 5.74) is 1.62. The van der Waals surface area contributed by atoms with Crippen molar-refractivity contribution in [3.05, 3.63) is 46.2 Å². The van der Waals surface area contributed by atoms with Crippen LogP contribution in [0.5, 0.6) is 0 Å². The number of fused-ring (bicyclic) bond motifs is 1. The summed E-state index contributed by atoms with van der Waals surface area (Å²) >= 11 is 7.55. The van der Waals surface area contributed by atoms with Crippen molar-refractivity contribution in [3.8, 4) is 0 Å². The van der Waals surface area contributed by atoms with Gasteiger partial charge >= 0.3 is 0 Å². The molecule has 3 heterocycles. The Morgan fingerprint density at radius 1 is 1.16 bits per heavy atom. The highest BCUT2D eigenvalue weighted by molar-refractivity contribution is 7.18. The van der Waals surface area contributed by atoms with Crippen LogP contribution >= 0.6 is 22.9 Å². The highest BCUT2D eigenvalue weighted by Gasteiger charge is 2.21. The van der Waals surface area contributed by atoms with Gasteiger partial charge < -0.3 is 14.7 Å². The second kappa shape index (κ2) is 7.21. The Morgan fingerprint density at radius 2 is 1.92 bits per heavy atom. The van der Waals surface area contributed by atoms with Gasteiger partial charge in [-0.15, -0.1) is 0 Å². The minimum absolute atomic E-state index is 0.216. The van der Waals surface area contributed by atoms with Crippen LogP contribution in [-0.2, 0) is 11.2 Å². The molecular formula is C17H17ClN4O2S. The number of aliphatic hydroxyl groups is 1. The van der Waals surface area contributed by atoms with E-state index in [4.69, 9.17) is 16.3 Å². The van der Waals surface area contributed by atoms with E-state index in [0.717, 1.165) is 39.8 Å². The molecule has 8 heteroatoms. The number of halogens is 1. The van der Waals surface area contributed by atoms with Crippen LogP contribution in [0.4, 0.5) is 5.82 Å². The van der Waals surface area contributed by atoms with Crippen LogP contribution < -0.4 is 4.90 Å². The van der Waals surface area contributed by atoms with Gasteiger partial charge in [-0.3, -0.25) is 0 Å². The van der Waals surface area contributed by atoms with Gasteiger partial charge in [0.15, 0.2) is 10.6 Å². The van der Waals surface area contributed by atoms with Crippen LogP contribution in [0.1, 0.15) is 16.7 Å². The molecular weight excluding hydrogens is 360 g/mol. The largest absolute Gasteiger partial charge is 0.388 e. The maximum atomic E-state index is 10.4. The molecule has 0 spiro atoms. The summed E-state index contributed by atoms with van der Waals surface area (Å²) < 4.78 is 5.40. The van der Waals surface area contributed by atoms with E-state index in [1.54, 1.807) is 0 Å². The quantitative estimate of drug-likeness (QED) is 0.706. The Hall–Kier alpha value is -1.80. The van der Waals surface area contributed by atoms with Gasteiger partial charge in [-0.1, -0.05) is 41.7 Å². The van der Waals surface area contributed by atoms with E-state index in [2.05, 4.69) is 19.9 Å². The number of anilines is 1. The molecule has 4 rings (SSSR count). The van der Waals surface area contributed by atoms with E-state index in [9.17, 15) is 5.11 Å². The first-order valence-electron chi connectivity index (χ1n) is 8.09. The molecule has 1 aromatic carbocycles. The predicted molar refractivity (Wildman–Crippen MR) is 98.4 cm³/mol. The monoisotopic (exact) mass is 376 g/mol. The van der Waals surface area contributed by atoms with Crippen molar-refractivity contribution < 1.29 is 9.84 Å². The van der Waals surface area contributed by atoms with E-state index in [0.29, 0.717) is 19.6 Å². The molecule has 1 unspecified atom stereocenters. The van der Waals surface area contributed by atoms with Gasteiger partial charge in [0.2, 0.25) is 5.28 Å². The van der Waals surface area contributed by atoms with Crippen LogP contribution in [0.15, 0.2) is 30.3 Å². The number of hydrogen-bond donors (Lipinski definition) is 1. The molecule has 25 heavy (non-hydrogen) atoms. The average Bonchev–Trinajstić information content (AvgIpc) is 3.04. The van der Waals surface area contributed by atoms with Crippen LogP contribution in [0.25, 0.3) is 10.3 Å². The number of aromatic nitrogens is 3. The Labute approximate surface area is 154 Å². The van der Waals surface area contributed by atoms with Gasteiger partial charge in [0.1, 0.15) is 5.52 Å². The zero-order chi connectivity index (χ0) is 17.2. The topological polar surface area (TPSA) is 71.4 Å². The number of rotatable bonds is 4. The SMILES string of the molecule is OC(Cc1nc2c(N3CCOCC3)nc(Cl)nc2s1)c1ccccc1. The Morgan fingerprint density at radius 3 is 2.68 bits per heavy atom. The van der Waals surface area contributed by atoms with Gasteiger partial charge in [-0.05, 0) is 17.2 Å². The molecule has 1 fully saturated rings. The number of thiazole rings is 1. The molecule has 1 N–H and O–H groups in total. The summed E-state index contributed by atoms with van der Waals surface area (Å²) in [6.07, 6.45) is -0.164. The van der Waals surface area contributed by atoms with Gasteiger partial charge in [0.05, 0.1) is 24.3 Å². The van der Waals surface area contributed by atoms with Gasteiger partial charge in [-0.25, -0.2) is 9.97 Å². The van der Waals surface area contributed by atoms with Crippen molar-refractivity contribution >= 4 is 39.1 Å². The normalized spacial score (nSPS) is 16.3. The molecule has 6 nitrogen and oxygen atoms in total. The van der Waals surface area contributed by atoms with Crippen LogP contribution in [0.3, 0.4) is 0 Å². The molecule has 0 aliphatic carbocycles. The fourth-order valence-corrected chi connectivity index (χ4v) is 4.05. The lowest BCUT2D eigenvalue weighted by Gasteiger charge is -2.27. The fraction of sp³-hybridized carbons (Fsp3) is 0.353. The standard InChI is InChI=1S/C17H17ClN4O2S/c18-17-20-15(22-6-8-24-9-7-22)14-16(21-17)25-13(19-14)10-12(23)11-4-2-1-3-5-11/h1-5,12,23H,6-10H2. The molecule has 1 aliphatic rings. The minimum atomic E-state index is -0.600. The number of aliphatic hydroxyl groups excluding tert-OH is 1. The van der Waals surface area contributed by atoms with Crippen LogP contribution in [0.2, 0.25) is 5.28 Å². The van der Waals surface area contributed by atoms with E-state index >= 15 is 0 Å². The molecule has 2 aromatic heterocycles. The maximum absolute atomic E-state index is 10.4. The third kappa shape index (κ3) is 3.59. The Balaban J connectivity index is 1.65. The molecule has 1 atom stereocenters. The number of hydrogen-bond acceptors (Lipinski definition) is 7. The number of morpholine rings is 1. The van der Waals surface area contributed by atoms with Crippen molar-refractivity contribution in [1.82, 2.24) is 15.0 Å². The predicted octanol–water partition coefficient (Wildman–Crippen LogP) is 2.85. The van der Waals surface area contributed by atoms with Crippen molar-refractivity contribution in [3.63, 3.8) is 0 Å². The van der Waals surface area contributed by atoms with Crippen molar-refractivity contribution in [2.75, 3.05) is 31.2 Å². The first kappa shape index (κ1) is 16.7. The first-order valence-corrected chi connectivity index (χ1v) is 9.29. The zero-order valence-corrected chi connectivity index (χ0v) is 15.0. The van der Waals surface area contributed by atoms with Gasteiger partial charge in [-0.2, -0.15) is 4.98 Å². The maximum Gasteiger partial charge on any atom is 0.225 e. The number of nitrogens with zero attached hydrogens (tertiary/aromatic N) is 4. The van der Waals surface area contributed by atoms with Gasteiger partial charge in [0, 0.05) is 19.5 Å². The number of ether oxygens (including phenoxy) is 1. The molecule has 1 aliphatic heterocycles. The van der Waals surface area contributed by atoms with E-state index in [-0.39, 0.29) is 5.28 Å². The smallest absolute Gasteiger partial charge is 0.225 e. The second-order valence-corrected chi connectivity index (χ2v) is 7.21. The summed E-state index contributed by atoms with van der Waals surface area (Å²) in [5, 5.41) is 11.5. The number of benzene rings is 1. The Bertz CT molecular complexity index is 868. The van der Waals surface area contributed by atoms with Gasteiger partial charge in [0.25, 0.3) is 0 Å². The molecule has 0 amide bonds. The lowest BCUT2D eigenvalue weighted by Crippen LogP contribution is -2.37. The molecule has 0 bridgehead atoms. The average molecular weight is 377 g/mol. The van der Waals surface area contributed by atoms with E-state index < -0.39 is 6.10 Å². The summed E-state index contributed by atoms with van der Waals surface area (Å²) in [5.74, 6) is 0.745. The molecule has 0 saturated carbocycles.